The Morgan fingerprint density at radius 3 is 2.42 bits per heavy atom. The van der Waals surface area contributed by atoms with Crippen molar-refractivity contribution in [3.63, 3.8) is 0 Å². The van der Waals surface area contributed by atoms with Gasteiger partial charge in [0.15, 0.2) is 0 Å². The maximum atomic E-state index is 12.4. The summed E-state index contributed by atoms with van der Waals surface area (Å²) in [5.41, 5.74) is 5.83. The number of anilines is 1. The van der Waals surface area contributed by atoms with Gasteiger partial charge in [0, 0.05) is 11.1 Å². The third kappa shape index (κ3) is 2.84. The second kappa shape index (κ2) is 5.49. The van der Waals surface area contributed by atoms with E-state index in [4.69, 9.17) is 40.5 Å². The van der Waals surface area contributed by atoms with E-state index >= 15 is 0 Å². The lowest BCUT2D eigenvalue weighted by molar-refractivity contribution is -0.125. The number of hydrogen-bond donors (Lipinski definition) is 2. The molecule has 104 valence electrons. The van der Waals surface area contributed by atoms with Gasteiger partial charge in [-0.3, -0.25) is 4.79 Å². The number of carbonyl (C=O) groups is 1. The van der Waals surface area contributed by atoms with Crippen LogP contribution in [0.2, 0.25) is 15.1 Å². The third-order valence-corrected chi connectivity index (χ3v) is 4.61. The SMILES string of the molecule is CC1(C(=O)Nc2c(Cl)cc(Cl)cc2Cl)CCCC1N. The minimum absolute atomic E-state index is 0.141. The molecule has 1 aromatic carbocycles. The molecule has 0 aliphatic heterocycles. The number of nitrogens with two attached hydrogens (primary N) is 1. The number of amides is 1. The van der Waals surface area contributed by atoms with Crippen molar-refractivity contribution in [2.75, 3.05) is 5.32 Å². The van der Waals surface area contributed by atoms with Crippen LogP contribution >= 0.6 is 34.8 Å². The van der Waals surface area contributed by atoms with Gasteiger partial charge in [-0.1, -0.05) is 41.2 Å². The summed E-state index contributed by atoms with van der Waals surface area (Å²) >= 11 is 17.9. The fourth-order valence-electron chi connectivity index (χ4n) is 2.39. The zero-order valence-electron chi connectivity index (χ0n) is 10.5. The van der Waals surface area contributed by atoms with Crippen LogP contribution in [0, 0.1) is 5.41 Å². The van der Waals surface area contributed by atoms with Gasteiger partial charge in [0.25, 0.3) is 0 Å². The molecule has 19 heavy (non-hydrogen) atoms. The standard InChI is InChI=1S/C13H15Cl3N2O/c1-13(4-2-3-10(13)17)12(19)18-11-8(15)5-7(14)6-9(11)16/h5-6,10H,2-4,17H2,1H3,(H,18,19). The third-order valence-electron chi connectivity index (χ3n) is 3.79. The molecule has 0 saturated heterocycles. The molecular formula is C13H15Cl3N2O. The highest BCUT2D eigenvalue weighted by Gasteiger charge is 2.43. The van der Waals surface area contributed by atoms with Crippen molar-refractivity contribution in [2.45, 2.75) is 32.2 Å². The first kappa shape index (κ1) is 14.9. The molecule has 6 heteroatoms. The number of benzene rings is 1. The van der Waals surface area contributed by atoms with Crippen LogP contribution in [0.4, 0.5) is 5.69 Å². The molecule has 3 nitrogen and oxygen atoms in total. The molecule has 0 radical (unpaired) electrons. The fraction of sp³-hybridized carbons (Fsp3) is 0.462. The highest BCUT2D eigenvalue weighted by Crippen LogP contribution is 2.40. The van der Waals surface area contributed by atoms with E-state index in [1.807, 2.05) is 6.92 Å². The number of rotatable bonds is 2. The van der Waals surface area contributed by atoms with Gasteiger partial charge in [-0.15, -0.1) is 0 Å². The first-order chi connectivity index (χ1) is 8.84. The Morgan fingerprint density at radius 2 is 1.95 bits per heavy atom. The van der Waals surface area contributed by atoms with E-state index in [1.54, 1.807) is 12.1 Å². The second-order valence-electron chi connectivity index (χ2n) is 5.11. The van der Waals surface area contributed by atoms with Crippen LogP contribution < -0.4 is 11.1 Å². The monoisotopic (exact) mass is 320 g/mol. The van der Waals surface area contributed by atoms with Gasteiger partial charge < -0.3 is 11.1 Å². The summed E-state index contributed by atoms with van der Waals surface area (Å²) in [5.74, 6) is -0.149. The smallest absolute Gasteiger partial charge is 0.231 e. The molecule has 1 aromatic rings. The topological polar surface area (TPSA) is 55.1 Å². The van der Waals surface area contributed by atoms with Crippen molar-refractivity contribution in [3.05, 3.63) is 27.2 Å². The van der Waals surface area contributed by atoms with Crippen molar-refractivity contribution in [2.24, 2.45) is 11.1 Å². The van der Waals surface area contributed by atoms with Crippen LogP contribution in [0.15, 0.2) is 12.1 Å². The zero-order valence-corrected chi connectivity index (χ0v) is 12.7. The van der Waals surface area contributed by atoms with Crippen molar-refractivity contribution in [1.82, 2.24) is 0 Å². The van der Waals surface area contributed by atoms with E-state index in [9.17, 15) is 4.79 Å². The number of hydrogen-bond acceptors (Lipinski definition) is 2. The summed E-state index contributed by atoms with van der Waals surface area (Å²) < 4.78 is 0. The fourth-order valence-corrected chi connectivity index (χ4v) is 3.30. The number of carbonyl (C=O) groups excluding carboxylic acids is 1. The van der Waals surface area contributed by atoms with Crippen LogP contribution in [0.3, 0.4) is 0 Å². The molecule has 2 atom stereocenters. The quantitative estimate of drug-likeness (QED) is 0.861. The molecule has 0 spiro atoms. The number of halogens is 3. The Labute approximate surface area is 127 Å². The van der Waals surface area contributed by atoms with Gasteiger partial charge in [-0.2, -0.15) is 0 Å². The zero-order chi connectivity index (χ0) is 14.2. The van der Waals surface area contributed by atoms with E-state index in [0.717, 1.165) is 19.3 Å². The minimum atomic E-state index is -0.577. The predicted octanol–water partition coefficient (Wildman–Crippen LogP) is 4.10. The summed E-state index contributed by atoms with van der Waals surface area (Å²) in [7, 11) is 0. The van der Waals surface area contributed by atoms with E-state index in [-0.39, 0.29) is 11.9 Å². The summed E-state index contributed by atoms with van der Waals surface area (Å²) in [5, 5.41) is 3.85. The van der Waals surface area contributed by atoms with Crippen LogP contribution in [0.5, 0.6) is 0 Å². The van der Waals surface area contributed by atoms with E-state index in [1.165, 1.54) is 0 Å². The van der Waals surface area contributed by atoms with Crippen LogP contribution in [-0.4, -0.2) is 11.9 Å². The van der Waals surface area contributed by atoms with Gasteiger partial charge in [-0.25, -0.2) is 0 Å². The summed E-state index contributed by atoms with van der Waals surface area (Å²) in [6, 6.07) is 2.94. The highest BCUT2D eigenvalue weighted by molar-refractivity contribution is 6.42. The largest absolute Gasteiger partial charge is 0.327 e. The Kier molecular flexibility index (Phi) is 4.31. The molecule has 1 fully saturated rings. The average Bonchev–Trinajstić information content (AvgIpc) is 2.65. The first-order valence-electron chi connectivity index (χ1n) is 6.06. The predicted molar refractivity (Wildman–Crippen MR) is 80.0 cm³/mol. The lowest BCUT2D eigenvalue weighted by Crippen LogP contribution is -2.44. The summed E-state index contributed by atoms with van der Waals surface area (Å²) in [4.78, 5) is 12.4. The van der Waals surface area contributed by atoms with Crippen LogP contribution in [-0.2, 0) is 4.79 Å². The summed E-state index contributed by atoms with van der Waals surface area (Å²) in [6.45, 7) is 1.87. The lowest BCUT2D eigenvalue weighted by atomic mass is 9.84. The lowest BCUT2D eigenvalue weighted by Gasteiger charge is -2.28. The molecule has 0 aromatic heterocycles. The summed E-state index contributed by atoms with van der Waals surface area (Å²) in [6.07, 6.45) is 2.57. The Hall–Kier alpha value is -0.480. The molecule has 1 aliphatic rings. The maximum Gasteiger partial charge on any atom is 0.231 e. The average molecular weight is 322 g/mol. The molecule has 3 N–H and O–H groups in total. The van der Waals surface area contributed by atoms with Gasteiger partial charge in [0.1, 0.15) is 0 Å². The molecular weight excluding hydrogens is 307 g/mol. The van der Waals surface area contributed by atoms with Crippen molar-refractivity contribution < 1.29 is 4.79 Å². The van der Waals surface area contributed by atoms with E-state index in [0.29, 0.717) is 20.8 Å². The Bertz CT molecular complexity index is 498. The molecule has 0 heterocycles. The molecule has 0 bridgehead atoms. The molecule has 1 amide bonds. The van der Waals surface area contributed by atoms with Crippen molar-refractivity contribution >= 4 is 46.4 Å². The molecule has 2 unspecified atom stereocenters. The van der Waals surface area contributed by atoms with E-state index < -0.39 is 5.41 Å². The van der Waals surface area contributed by atoms with Gasteiger partial charge in [0.2, 0.25) is 5.91 Å². The molecule has 1 aliphatic carbocycles. The van der Waals surface area contributed by atoms with E-state index in [2.05, 4.69) is 5.32 Å². The number of nitrogens with one attached hydrogen (secondary N) is 1. The first-order valence-corrected chi connectivity index (χ1v) is 7.19. The van der Waals surface area contributed by atoms with Gasteiger partial charge >= 0.3 is 0 Å². The van der Waals surface area contributed by atoms with Gasteiger partial charge in [-0.05, 0) is 31.9 Å². The Morgan fingerprint density at radius 1 is 1.37 bits per heavy atom. The normalized spacial score (nSPS) is 26.5. The second-order valence-corrected chi connectivity index (χ2v) is 6.37. The maximum absolute atomic E-state index is 12.4. The minimum Gasteiger partial charge on any atom is -0.327 e. The molecule has 1 saturated carbocycles. The van der Waals surface area contributed by atoms with Crippen molar-refractivity contribution in [1.29, 1.82) is 0 Å². The Balaban J connectivity index is 2.25. The van der Waals surface area contributed by atoms with Crippen LogP contribution in [0.1, 0.15) is 26.2 Å². The highest BCUT2D eigenvalue weighted by atomic mass is 35.5. The van der Waals surface area contributed by atoms with Gasteiger partial charge in [0.05, 0.1) is 21.1 Å². The molecule has 2 rings (SSSR count). The van der Waals surface area contributed by atoms with Crippen molar-refractivity contribution in [3.8, 4) is 0 Å². The van der Waals surface area contributed by atoms with Crippen LogP contribution in [0.25, 0.3) is 0 Å².